The normalized spacial score (nSPS) is 28.1. The Bertz CT molecular complexity index is 778. The van der Waals surface area contributed by atoms with Gasteiger partial charge in [-0.2, -0.15) is 0 Å². The number of primary amides is 1. The minimum absolute atomic E-state index is 0.0406. The third-order valence-electron chi connectivity index (χ3n) is 4.80. The second-order valence-electron chi connectivity index (χ2n) is 7.82. The summed E-state index contributed by atoms with van der Waals surface area (Å²) in [4.78, 5) is 43.2. The number of hydrogen-bond donors (Lipinski definition) is 2. The van der Waals surface area contributed by atoms with Crippen molar-refractivity contribution >= 4 is 34.0 Å². The molecule has 0 unspecified atom stereocenters. The van der Waals surface area contributed by atoms with Gasteiger partial charge in [0.15, 0.2) is 0 Å². The quantitative estimate of drug-likeness (QED) is 0.651. The lowest BCUT2D eigenvalue weighted by Crippen LogP contribution is -2.57. The fourth-order valence-electron chi connectivity index (χ4n) is 3.56. The van der Waals surface area contributed by atoms with E-state index in [2.05, 4.69) is 10.3 Å². The molecule has 1 spiro atoms. The summed E-state index contributed by atoms with van der Waals surface area (Å²) in [5.41, 5.74) is 4.58. The van der Waals surface area contributed by atoms with Crippen LogP contribution in [0.1, 0.15) is 32.8 Å². The van der Waals surface area contributed by atoms with Gasteiger partial charge in [-0.3, -0.25) is 14.5 Å². The number of likely N-dealkylation sites (tertiary alicyclic amines) is 1. The highest BCUT2D eigenvalue weighted by molar-refractivity contribution is 6.30. The molecule has 2 aliphatic heterocycles. The molecule has 9 heteroatoms. The zero-order valence-corrected chi connectivity index (χ0v) is 16.8. The minimum Gasteiger partial charge on any atom is -0.444 e. The summed E-state index contributed by atoms with van der Waals surface area (Å²) >= 11 is 0. The van der Waals surface area contributed by atoms with Gasteiger partial charge in [0.25, 0.3) is 0 Å². The molecule has 1 aromatic heterocycles. The molecule has 0 radical (unpaired) electrons. The number of aromatic nitrogens is 1. The number of amides is 3. The lowest BCUT2D eigenvalue weighted by Gasteiger charge is -2.33. The van der Waals surface area contributed by atoms with E-state index < -0.39 is 28.2 Å². The zero-order chi connectivity index (χ0) is 18.6. The van der Waals surface area contributed by atoms with Crippen LogP contribution in [0.5, 0.6) is 0 Å². The summed E-state index contributed by atoms with van der Waals surface area (Å²) in [6.45, 7) is 5.28. The van der Waals surface area contributed by atoms with Crippen molar-refractivity contribution < 1.29 is 19.1 Å². The standard InChI is InChI=1S/C16H22N4O4Si/c1-14(2,3)24-13(23)20-8-15(7-16(20,25)11(17)21)9-5-4-6-18-10(9)19-12(15)22/h4-6H,7-8H2,1-3,25H3,(H2,17,21)(H,18,19,22)/t15-,16+/m0/s1. The maximum atomic E-state index is 12.8. The molecule has 2 aliphatic rings. The molecular weight excluding hydrogens is 340 g/mol. The monoisotopic (exact) mass is 362 g/mol. The molecule has 2 atom stereocenters. The molecule has 3 amide bonds. The van der Waals surface area contributed by atoms with Gasteiger partial charge in [-0.1, -0.05) is 6.07 Å². The largest absolute Gasteiger partial charge is 0.444 e. The van der Waals surface area contributed by atoms with E-state index >= 15 is 0 Å². The Morgan fingerprint density at radius 1 is 1.44 bits per heavy atom. The van der Waals surface area contributed by atoms with Crippen molar-refractivity contribution in [2.24, 2.45) is 5.73 Å². The molecule has 1 fully saturated rings. The van der Waals surface area contributed by atoms with E-state index in [0.717, 1.165) is 0 Å². The summed E-state index contributed by atoms with van der Waals surface area (Å²) in [7, 11) is 0.280. The van der Waals surface area contributed by atoms with Crippen LogP contribution in [0.3, 0.4) is 0 Å². The van der Waals surface area contributed by atoms with Crippen LogP contribution in [0.4, 0.5) is 10.6 Å². The number of hydrogen-bond acceptors (Lipinski definition) is 5. The van der Waals surface area contributed by atoms with E-state index in [4.69, 9.17) is 10.5 Å². The number of carbonyl (C=O) groups excluding carboxylic acids is 3. The molecule has 1 saturated heterocycles. The molecule has 25 heavy (non-hydrogen) atoms. The lowest BCUT2D eigenvalue weighted by molar-refractivity contribution is -0.124. The van der Waals surface area contributed by atoms with E-state index in [9.17, 15) is 14.4 Å². The third-order valence-corrected chi connectivity index (χ3v) is 6.19. The fourth-order valence-corrected chi connectivity index (χ4v) is 4.50. The highest BCUT2D eigenvalue weighted by Gasteiger charge is 2.63. The molecule has 3 heterocycles. The van der Waals surface area contributed by atoms with Crippen LogP contribution in [0.25, 0.3) is 0 Å². The third kappa shape index (κ3) is 2.58. The van der Waals surface area contributed by atoms with Crippen molar-refractivity contribution in [3.05, 3.63) is 23.9 Å². The number of carbonyl (C=O) groups is 3. The first-order valence-corrected chi connectivity index (χ1v) is 9.07. The number of nitrogens with zero attached hydrogens (tertiary/aromatic N) is 2. The van der Waals surface area contributed by atoms with E-state index in [0.29, 0.717) is 11.4 Å². The first kappa shape index (κ1) is 17.4. The predicted molar refractivity (Wildman–Crippen MR) is 94.0 cm³/mol. The van der Waals surface area contributed by atoms with Gasteiger partial charge < -0.3 is 15.8 Å². The number of anilines is 1. The summed E-state index contributed by atoms with van der Waals surface area (Å²) in [6.07, 6.45) is 1.09. The number of fused-ring (bicyclic) bond motifs is 2. The number of nitrogens with one attached hydrogen (secondary N) is 1. The zero-order valence-electron chi connectivity index (χ0n) is 14.8. The average molecular weight is 362 g/mol. The van der Waals surface area contributed by atoms with E-state index in [1.165, 1.54) is 4.90 Å². The Morgan fingerprint density at radius 3 is 2.72 bits per heavy atom. The Hall–Kier alpha value is -2.42. The van der Waals surface area contributed by atoms with Crippen LogP contribution in [-0.4, -0.2) is 55.3 Å². The SMILES string of the molecule is CC(C)(C)OC(=O)N1C[C@]2(C[C@@]1([SiH3])C(N)=O)C(=O)Nc1ncccc12. The van der Waals surface area contributed by atoms with Gasteiger partial charge in [-0.05, 0) is 33.3 Å². The van der Waals surface area contributed by atoms with Crippen molar-refractivity contribution in [1.29, 1.82) is 0 Å². The molecule has 0 aromatic carbocycles. The maximum absolute atomic E-state index is 12.8. The Kier molecular flexibility index (Phi) is 3.68. The van der Waals surface area contributed by atoms with Crippen LogP contribution in [0.2, 0.25) is 0 Å². The van der Waals surface area contributed by atoms with Crippen molar-refractivity contribution in [3.8, 4) is 0 Å². The lowest BCUT2D eigenvalue weighted by atomic mass is 9.80. The number of ether oxygens (including phenoxy) is 1. The first-order chi connectivity index (χ1) is 11.5. The van der Waals surface area contributed by atoms with Crippen molar-refractivity contribution in [3.63, 3.8) is 0 Å². The van der Waals surface area contributed by atoms with Gasteiger partial charge in [0.1, 0.15) is 16.6 Å². The molecule has 3 rings (SSSR count). The highest BCUT2D eigenvalue weighted by atomic mass is 28.1. The van der Waals surface area contributed by atoms with Crippen molar-refractivity contribution in [1.82, 2.24) is 9.88 Å². The second-order valence-corrected chi connectivity index (χ2v) is 9.47. The predicted octanol–water partition coefficient (Wildman–Crippen LogP) is -0.541. The summed E-state index contributed by atoms with van der Waals surface area (Å²) in [5, 5.41) is 1.55. The summed E-state index contributed by atoms with van der Waals surface area (Å²) in [6, 6.07) is 3.53. The molecule has 0 aliphatic carbocycles. The van der Waals surface area contributed by atoms with Gasteiger partial charge >= 0.3 is 6.09 Å². The fraction of sp³-hybridized carbons (Fsp3) is 0.500. The van der Waals surface area contributed by atoms with E-state index in [1.54, 1.807) is 39.1 Å². The van der Waals surface area contributed by atoms with E-state index in [-0.39, 0.29) is 29.1 Å². The van der Waals surface area contributed by atoms with Crippen LogP contribution in [0.15, 0.2) is 18.3 Å². The van der Waals surface area contributed by atoms with Gasteiger partial charge in [-0.25, -0.2) is 9.78 Å². The van der Waals surface area contributed by atoms with Gasteiger partial charge in [0.2, 0.25) is 11.8 Å². The Morgan fingerprint density at radius 2 is 2.12 bits per heavy atom. The van der Waals surface area contributed by atoms with Gasteiger partial charge in [0.05, 0.1) is 5.41 Å². The highest BCUT2D eigenvalue weighted by Crippen LogP contribution is 2.48. The van der Waals surface area contributed by atoms with Crippen LogP contribution < -0.4 is 11.1 Å². The molecular formula is C16H22N4O4Si. The minimum atomic E-state index is -1.20. The van der Waals surface area contributed by atoms with Gasteiger partial charge in [-0.15, -0.1) is 0 Å². The molecule has 8 nitrogen and oxygen atoms in total. The first-order valence-electron chi connectivity index (χ1n) is 8.07. The van der Waals surface area contributed by atoms with Crippen molar-refractivity contribution in [2.45, 2.75) is 43.4 Å². The van der Waals surface area contributed by atoms with Crippen LogP contribution in [0, 0.1) is 0 Å². The Balaban J connectivity index is 2.06. The van der Waals surface area contributed by atoms with Gasteiger partial charge in [0, 0.05) is 28.5 Å². The molecule has 0 bridgehead atoms. The molecule has 134 valence electrons. The molecule has 3 N–H and O–H groups in total. The number of nitrogens with two attached hydrogens (primary N) is 1. The Labute approximate surface area is 148 Å². The number of rotatable bonds is 1. The summed E-state index contributed by atoms with van der Waals surface area (Å²) < 4.78 is 5.45. The summed E-state index contributed by atoms with van der Waals surface area (Å²) in [5.74, 6) is -0.423. The second kappa shape index (κ2) is 5.28. The topological polar surface area (TPSA) is 115 Å². The van der Waals surface area contributed by atoms with Crippen LogP contribution >= 0.6 is 0 Å². The van der Waals surface area contributed by atoms with Crippen LogP contribution in [-0.2, 0) is 19.7 Å². The molecule has 0 saturated carbocycles. The number of pyridine rings is 1. The molecule has 1 aromatic rings. The average Bonchev–Trinajstić information content (AvgIpc) is 2.95. The van der Waals surface area contributed by atoms with E-state index in [1.807, 2.05) is 0 Å². The maximum Gasteiger partial charge on any atom is 0.410 e. The smallest absolute Gasteiger partial charge is 0.410 e. The van der Waals surface area contributed by atoms with Crippen molar-refractivity contribution in [2.75, 3.05) is 11.9 Å².